The molecule has 20 heavy (non-hydrogen) atoms. The van der Waals surface area contributed by atoms with Crippen LogP contribution >= 0.6 is 11.8 Å². The quantitative estimate of drug-likeness (QED) is 0.925. The Hall–Kier alpha value is -1.11. The first-order valence-electron chi connectivity index (χ1n) is 6.60. The lowest BCUT2D eigenvalue weighted by molar-refractivity contribution is -0.137. The summed E-state index contributed by atoms with van der Waals surface area (Å²) in [5.41, 5.74) is -0.649. The Bertz CT molecular complexity index is 465. The maximum Gasteiger partial charge on any atom is 0.416 e. The van der Waals surface area contributed by atoms with E-state index in [1.807, 2.05) is 23.6 Å². The van der Waals surface area contributed by atoms with Gasteiger partial charge in [0, 0.05) is 30.6 Å². The predicted molar refractivity (Wildman–Crippen MR) is 77.5 cm³/mol. The summed E-state index contributed by atoms with van der Waals surface area (Å²) in [5.74, 6) is 1.60. The van der Waals surface area contributed by atoms with Crippen LogP contribution in [0.1, 0.15) is 19.4 Å². The maximum absolute atomic E-state index is 13.0. The van der Waals surface area contributed by atoms with Gasteiger partial charge in [-0.15, -0.1) is 0 Å². The highest BCUT2D eigenvalue weighted by atomic mass is 32.2. The Kier molecular flexibility index (Phi) is 4.67. The number of hydrogen-bond donors (Lipinski definition) is 1. The van der Waals surface area contributed by atoms with E-state index in [0.717, 1.165) is 31.0 Å². The van der Waals surface area contributed by atoms with Crippen molar-refractivity contribution in [2.75, 3.05) is 35.6 Å². The number of thioether (sulfide) groups is 1. The van der Waals surface area contributed by atoms with Gasteiger partial charge in [0.25, 0.3) is 0 Å². The molecule has 1 N–H and O–H groups in total. The van der Waals surface area contributed by atoms with Crippen molar-refractivity contribution in [1.82, 2.24) is 4.98 Å². The minimum Gasteiger partial charge on any atom is -0.370 e. The zero-order valence-corrected chi connectivity index (χ0v) is 12.3. The van der Waals surface area contributed by atoms with E-state index in [-0.39, 0.29) is 5.82 Å². The largest absolute Gasteiger partial charge is 0.416 e. The molecular weight excluding hydrogens is 287 g/mol. The Morgan fingerprint density at radius 2 is 2.20 bits per heavy atom. The highest BCUT2D eigenvalue weighted by molar-refractivity contribution is 8.00. The second-order valence-corrected chi connectivity index (χ2v) is 6.30. The van der Waals surface area contributed by atoms with E-state index < -0.39 is 11.7 Å². The fourth-order valence-corrected chi connectivity index (χ4v) is 3.15. The molecule has 7 heteroatoms. The molecule has 2 heterocycles. The lowest BCUT2D eigenvalue weighted by atomic mass is 10.2. The first-order chi connectivity index (χ1) is 9.40. The molecule has 1 aliphatic rings. The minimum absolute atomic E-state index is 0.281. The van der Waals surface area contributed by atoms with Gasteiger partial charge in [-0.1, -0.05) is 6.92 Å². The zero-order chi connectivity index (χ0) is 14.8. The molecule has 3 nitrogen and oxygen atoms in total. The third-order valence-corrected chi connectivity index (χ3v) is 4.20. The number of rotatable bonds is 3. The molecule has 0 amide bonds. The average molecular weight is 305 g/mol. The first-order valence-corrected chi connectivity index (χ1v) is 7.64. The van der Waals surface area contributed by atoms with Crippen molar-refractivity contribution in [3.05, 3.63) is 17.7 Å². The molecule has 0 aromatic carbocycles. The summed E-state index contributed by atoms with van der Waals surface area (Å²) in [6, 6.07) is 2.21. The van der Waals surface area contributed by atoms with Crippen LogP contribution in [-0.2, 0) is 6.18 Å². The third kappa shape index (κ3) is 3.71. The number of nitrogens with zero attached hydrogens (tertiary/aromatic N) is 2. The first kappa shape index (κ1) is 15.3. The van der Waals surface area contributed by atoms with Gasteiger partial charge in [0.2, 0.25) is 0 Å². The van der Waals surface area contributed by atoms with E-state index >= 15 is 0 Å². The van der Waals surface area contributed by atoms with Crippen LogP contribution in [0.5, 0.6) is 0 Å². The Morgan fingerprint density at radius 3 is 2.80 bits per heavy atom. The van der Waals surface area contributed by atoms with Crippen LogP contribution in [0, 0.1) is 0 Å². The molecular formula is C13H18F3N3S. The van der Waals surface area contributed by atoms with Crippen molar-refractivity contribution >= 4 is 23.4 Å². The second kappa shape index (κ2) is 6.11. The molecule has 1 aromatic heterocycles. The highest BCUT2D eigenvalue weighted by Crippen LogP contribution is 2.33. The molecule has 2 rings (SSSR count). The summed E-state index contributed by atoms with van der Waals surface area (Å²) >= 11 is 1.83. The van der Waals surface area contributed by atoms with Crippen LogP contribution in [0.15, 0.2) is 12.1 Å². The summed E-state index contributed by atoms with van der Waals surface area (Å²) in [6.45, 7) is 5.91. The SMILES string of the molecule is CCNc1cc(C(F)(F)F)cc(N2CCSC(C)C2)n1. The zero-order valence-electron chi connectivity index (χ0n) is 11.5. The van der Waals surface area contributed by atoms with Crippen LogP contribution in [0.25, 0.3) is 0 Å². The summed E-state index contributed by atoms with van der Waals surface area (Å²) in [5, 5.41) is 3.27. The van der Waals surface area contributed by atoms with Gasteiger partial charge in [0.15, 0.2) is 0 Å². The van der Waals surface area contributed by atoms with Gasteiger partial charge in [-0.05, 0) is 19.1 Å². The molecule has 0 saturated carbocycles. The van der Waals surface area contributed by atoms with Crippen LogP contribution in [-0.4, -0.2) is 35.6 Å². The van der Waals surface area contributed by atoms with Gasteiger partial charge in [-0.25, -0.2) is 4.98 Å². The van der Waals surface area contributed by atoms with E-state index in [2.05, 4.69) is 17.2 Å². The van der Waals surface area contributed by atoms with Crippen molar-refractivity contribution in [3.8, 4) is 0 Å². The maximum atomic E-state index is 13.0. The van der Waals surface area contributed by atoms with Crippen molar-refractivity contribution in [2.45, 2.75) is 25.3 Å². The molecule has 1 aromatic rings. The summed E-state index contributed by atoms with van der Waals surface area (Å²) in [7, 11) is 0. The molecule has 0 radical (unpaired) electrons. The third-order valence-electron chi connectivity index (χ3n) is 3.06. The Morgan fingerprint density at radius 1 is 1.45 bits per heavy atom. The number of alkyl halides is 3. The number of pyridine rings is 1. The average Bonchev–Trinajstić information content (AvgIpc) is 2.38. The molecule has 1 aliphatic heterocycles. The molecule has 0 aliphatic carbocycles. The molecule has 1 saturated heterocycles. The van der Waals surface area contributed by atoms with Gasteiger partial charge in [0.1, 0.15) is 11.6 Å². The predicted octanol–water partition coefficient (Wildman–Crippen LogP) is 3.47. The van der Waals surface area contributed by atoms with Crippen LogP contribution in [0.4, 0.5) is 24.8 Å². The normalized spacial score (nSPS) is 20.1. The minimum atomic E-state index is -4.35. The second-order valence-electron chi connectivity index (χ2n) is 4.75. The summed E-state index contributed by atoms with van der Waals surface area (Å²) in [4.78, 5) is 6.23. The summed E-state index contributed by atoms with van der Waals surface area (Å²) < 4.78 is 38.9. The van der Waals surface area contributed by atoms with Gasteiger partial charge in [-0.3, -0.25) is 0 Å². The van der Waals surface area contributed by atoms with E-state index in [0.29, 0.717) is 17.6 Å². The molecule has 1 fully saturated rings. The smallest absolute Gasteiger partial charge is 0.370 e. The fourth-order valence-electron chi connectivity index (χ4n) is 2.14. The van der Waals surface area contributed by atoms with E-state index in [1.54, 1.807) is 0 Å². The molecule has 0 bridgehead atoms. The van der Waals surface area contributed by atoms with Gasteiger partial charge >= 0.3 is 6.18 Å². The van der Waals surface area contributed by atoms with Gasteiger partial charge in [0.05, 0.1) is 5.56 Å². The van der Waals surface area contributed by atoms with Gasteiger partial charge in [-0.2, -0.15) is 24.9 Å². The van der Waals surface area contributed by atoms with Crippen molar-refractivity contribution < 1.29 is 13.2 Å². The molecule has 112 valence electrons. The highest BCUT2D eigenvalue weighted by Gasteiger charge is 2.32. The Labute approximate surface area is 120 Å². The monoisotopic (exact) mass is 305 g/mol. The van der Waals surface area contributed by atoms with E-state index in [1.165, 1.54) is 0 Å². The number of aromatic nitrogens is 1. The Balaban J connectivity index is 2.33. The topological polar surface area (TPSA) is 28.2 Å². The van der Waals surface area contributed by atoms with E-state index in [9.17, 15) is 13.2 Å². The fraction of sp³-hybridized carbons (Fsp3) is 0.615. The number of hydrogen-bond acceptors (Lipinski definition) is 4. The number of anilines is 2. The standard InChI is InChI=1S/C13H18F3N3S/c1-3-17-11-6-10(13(14,15)16)7-12(18-11)19-4-5-20-9(2)8-19/h6-7,9H,3-5,8H2,1-2H3,(H,17,18). The van der Waals surface area contributed by atoms with E-state index in [4.69, 9.17) is 0 Å². The van der Waals surface area contributed by atoms with Crippen LogP contribution in [0.3, 0.4) is 0 Å². The van der Waals surface area contributed by atoms with Crippen LogP contribution < -0.4 is 10.2 Å². The van der Waals surface area contributed by atoms with Crippen molar-refractivity contribution in [3.63, 3.8) is 0 Å². The molecule has 1 atom stereocenters. The lowest BCUT2D eigenvalue weighted by Gasteiger charge is -2.32. The molecule has 0 spiro atoms. The van der Waals surface area contributed by atoms with Gasteiger partial charge < -0.3 is 10.2 Å². The van der Waals surface area contributed by atoms with Crippen molar-refractivity contribution in [1.29, 1.82) is 0 Å². The number of halogens is 3. The molecule has 1 unspecified atom stereocenters. The van der Waals surface area contributed by atoms with Crippen LogP contribution in [0.2, 0.25) is 0 Å². The number of nitrogens with one attached hydrogen (secondary N) is 1. The lowest BCUT2D eigenvalue weighted by Crippen LogP contribution is -2.37. The summed E-state index contributed by atoms with van der Waals surface area (Å²) in [6.07, 6.45) is -4.35. The van der Waals surface area contributed by atoms with Crippen molar-refractivity contribution in [2.24, 2.45) is 0 Å².